The molecule has 2 saturated heterocycles. The van der Waals surface area contributed by atoms with E-state index in [0.29, 0.717) is 5.75 Å². The molecule has 0 saturated carbocycles. The molecule has 78 heavy (non-hydrogen) atoms. The molecule has 2 heterocycles. The fraction of sp³-hybridized carbons (Fsp3) is 0.650. The van der Waals surface area contributed by atoms with Crippen LogP contribution in [-0.2, 0) is 93.6 Å². The van der Waals surface area contributed by atoms with Gasteiger partial charge < -0.3 is 84.6 Å². The van der Waals surface area contributed by atoms with Crippen LogP contribution in [0.15, 0.2) is 85.9 Å². The number of rotatable bonds is 14. The number of thiol groups is 1. The first-order valence-electron chi connectivity index (χ1n) is 25.7. The molecule has 2 fully saturated rings. The maximum absolute atomic E-state index is 12.0. The Morgan fingerprint density at radius 3 is 1.08 bits per heavy atom. The zero-order valence-corrected chi connectivity index (χ0v) is 69.7. The van der Waals surface area contributed by atoms with E-state index in [4.69, 9.17) is 77.7 Å². The van der Waals surface area contributed by atoms with Crippen LogP contribution in [-0.4, -0.2) is 175 Å². The number of hydrogen-bond acceptors (Lipinski definition) is 21. The van der Waals surface area contributed by atoms with Crippen molar-refractivity contribution in [2.75, 3.05) is 27.1 Å². The third kappa shape index (κ3) is 30.9. The summed E-state index contributed by atoms with van der Waals surface area (Å²) in [5, 5.41) is 0. The van der Waals surface area contributed by atoms with E-state index >= 15 is 0 Å². The maximum Gasteiger partial charge on any atom is 0.518 e. The summed E-state index contributed by atoms with van der Waals surface area (Å²) in [6, 6.07) is 0. The Kier molecular flexibility index (Phi) is 33.4. The van der Waals surface area contributed by atoms with Gasteiger partial charge in [0, 0.05) is 58.0 Å². The summed E-state index contributed by atoms with van der Waals surface area (Å²) in [7, 11) is -49.9. The third-order valence-electron chi connectivity index (χ3n) is 9.00. The molecule has 0 aromatic rings. The van der Waals surface area contributed by atoms with E-state index in [1.165, 1.54) is 42.2 Å². The van der Waals surface area contributed by atoms with Gasteiger partial charge in [0.25, 0.3) is 0 Å². The molecule has 2 radical (unpaired) electrons. The monoisotopic (exact) mass is 1430 g/mol. The molecule has 0 aromatic carbocycles. The Hall–Kier alpha value is 1.78. The van der Waals surface area contributed by atoms with E-state index in [0.717, 1.165) is 0 Å². The van der Waals surface area contributed by atoms with Crippen molar-refractivity contribution in [2.45, 2.75) is 144 Å². The fourth-order valence-corrected chi connectivity index (χ4v) is 67.6. The smallest absolute Gasteiger partial charge is 0.416 e. The first kappa shape index (κ1) is 79.8. The summed E-state index contributed by atoms with van der Waals surface area (Å²) in [6.07, 6.45) is 0. The van der Waals surface area contributed by atoms with Gasteiger partial charge in [-0.2, -0.15) is 12.6 Å². The molecule has 0 spiro atoms. The van der Waals surface area contributed by atoms with Crippen molar-refractivity contribution in [1.82, 2.24) is 0 Å². The van der Waals surface area contributed by atoms with E-state index in [9.17, 15) is 9.59 Å². The standard InChI is InChI=1S/C30H74O18Si14.C5H12O2Si.C3H9Si.C2H6S.V/c1-25-56(23)36-52(15,16)39-61(29-5,47-58(32,26-2)33-7)44-54(19,20)42-60(28-4)41-53(17,18)40-59(27-3,34-49(8,9)10)48-62(30-6,45-55(21,22)43-60)38-51(13,14)35-50(11,12)37-57(24,31)46-56;1-5-8(4,6-2)7-3;1-4(2)3;1-2-3;/h25-32H,1-6H2,7-24H3;5H,1H2,2-4H3;1-3H3;3H,2H2,1H3;/i;;;1D2;. The Morgan fingerprint density at radius 1 is 0.487 bits per heavy atom. The van der Waals surface area contributed by atoms with Gasteiger partial charge in [-0.05, 0) is 151 Å². The normalized spacial score (nSPS) is 32.3. The van der Waals surface area contributed by atoms with Crippen LogP contribution in [0, 0.1) is 0 Å². The van der Waals surface area contributed by atoms with Crippen molar-refractivity contribution in [2.24, 2.45) is 0 Å². The van der Waals surface area contributed by atoms with Gasteiger partial charge in [-0.3, -0.25) is 0 Å². The number of fused-ring (bicyclic) bond motifs is 4. The van der Waals surface area contributed by atoms with Crippen molar-refractivity contribution in [3.63, 3.8) is 0 Å². The molecule has 2 N–H and O–H groups in total. The molecule has 2 rings (SSSR count). The molecule has 38 heteroatoms. The van der Waals surface area contributed by atoms with Crippen molar-refractivity contribution in [3.05, 3.63) is 85.9 Å². The van der Waals surface area contributed by atoms with Crippen molar-refractivity contribution in [1.29, 1.82) is 0 Å². The van der Waals surface area contributed by atoms with E-state index in [-0.39, 0.29) is 27.4 Å². The summed E-state index contributed by atoms with van der Waals surface area (Å²) in [5.41, 5.74) is 10.3. The van der Waals surface area contributed by atoms with Crippen LogP contribution < -0.4 is 0 Å². The quantitative estimate of drug-likeness (QED) is 0.109. The van der Waals surface area contributed by atoms with Crippen molar-refractivity contribution >= 4 is 151 Å². The molecular formula is C40H101O20SSi16V. The van der Waals surface area contributed by atoms with Crippen LogP contribution in [0.4, 0.5) is 0 Å². The van der Waals surface area contributed by atoms with Gasteiger partial charge in [-0.15, -0.1) is 39.5 Å². The Labute approximate surface area is 510 Å². The second-order valence-electron chi connectivity index (χ2n) is 21.7. The first-order chi connectivity index (χ1) is 35.2. The SMILES string of the molecule is C=C[Si](C)(OC)OC.C=C[Si]1(C)O[Si](C)(C)O[Si](C=C)(O[Si](O)(C=C)OC)O[Si](C)(C)O[Si]2(C=C)O[Si](C)(C)O[Si](C=C)(O[Si](C)(C)C)O[Si](C=C)(O[Si](C)(C)O[Si](C)(C)O[Si](C)(O)O1)O[Si](C)(C)O2.C[Si](C)C.[2H]C([2H])CS.[V]. The fourth-order valence-electron chi connectivity index (χ4n) is 6.90. The van der Waals surface area contributed by atoms with Crippen LogP contribution in [0.2, 0.25) is 137 Å². The van der Waals surface area contributed by atoms with Crippen LogP contribution in [0.3, 0.4) is 0 Å². The van der Waals surface area contributed by atoms with Gasteiger partial charge in [0.05, 0.1) is 0 Å². The minimum absolute atomic E-state index is 0. The van der Waals surface area contributed by atoms with Crippen molar-refractivity contribution < 1.29 is 106 Å². The molecule has 20 nitrogen and oxygen atoms in total. The van der Waals surface area contributed by atoms with Crippen LogP contribution >= 0.6 is 12.6 Å². The average Bonchev–Trinajstić information content (AvgIpc) is 3.24. The molecule has 7 atom stereocenters. The molecule has 0 amide bonds. The van der Waals surface area contributed by atoms with E-state index in [1.807, 2.05) is 52.4 Å². The zero-order chi connectivity index (χ0) is 63.0. The molecule has 2 aliphatic rings. The summed E-state index contributed by atoms with van der Waals surface area (Å²) < 4.78 is 131. The summed E-state index contributed by atoms with van der Waals surface area (Å²) in [5.74, 6) is 0.333. The average molecular weight is 1440 g/mol. The minimum Gasteiger partial charge on any atom is -0.416 e. The molecule has 7 unspecified atom stereocenters. The van der Waals surface area contributed by atoms with E-state index in [2.05, 4.69) is 78.3 Å². The van der Waals surface area contributed by atoms with Crippen molar-refractivity contribution in [3.8, 4) is 0 Å². The Bertz CT molecular complexity index is 2000. The molecule has 2 aliphatic heterocycles. The summed E-state index contributed by atoms with van der Waals surface area (Å²) in [6.45, 7) is 66.4. The second kappa shape index (κ2) is 32.7. The summed E-state index contributed by atoms with van der Waals surface area (Å²) in [4.78, 5) is 23.5. The number of hydrogen-bond donors (Lipinski definition) is 3. The van der Waals surface area contributed by atoms with Crippen LogP contribution in [0.25, 0.3) is 0 Å². The van der Waals surface area contributed by atoms with Gasteiger partial charge in [-0.1, -0.05) is 38.8 Å². The van der Waals surface area contributed by atoms with Crippen LogP contribution in [0.5, 0.6) is 0 Å². The topological polar surface area (TPSA) is 207 Å². The molecule has 0 aromatic heterocycles. The molecule has 456 valence electrons. The van der Waals surface area contributed by atoms with Gasteiger partial charge in [-0.25, -0.2) is 0 Å². The second-order valence-corrected chi connectivity index (χ2v) is 74.4. The van der Waals surface area contributed by atoms with E-state index in [1.54, 1.807) is 84.5 Å². The third-order valence-corrected chi connectivity index (χ3v) is 62.3. The van der Waals surface area contributed by atoms with Gasteiger partial charge >= 0.3 is 121 Å². The molecule has 2 bridgehead atoms. The Balaban J connectivity index is -0.00000284. The molecular weight excluding hydrogens is 1330 g/mol. The Morgan fingerprint density at radius 2 is 0.808 bits per heavy atom. The molecule has 0 aliphatic carbocycles. The predicted molar refractivity (Wildman–Crippen MR) is 348 cm³/mol. The van der Waals surface area contributed by atoms with Gasteiger partial charge in [0.15, 0.2) is 8.32 Å². The van der Waals surface area contributed by atoms with Gasteiger partial charge in [0.2, 0.25) is 0 Å². The zero-order valence-electron chi connectivity index (χ0n) is 53.4. The largest absolute Gasteiger partial charge is 0.518 e. The van der Waals surface area contributed by atoms with Gasteiger partial charge in [0.1, 0.15) is 0 Å². The van der Waals surface area contributed by atoms with Crippen LogP contribution in [0.1, 0.15) is 9.62 Å². The maximum atomic E-state index is 12.0. The predicted octanol–water partition coefficient (Wildman–Crippen LogP) is 10.0. The minimum atomic E-state index is -4.40. The summed E-state index contributed by atoms with van der Waals surface area (Å²) >= 11 is 3.64. The first-order valence-corrected chi connectivity index (χ1v) is 64.6. The van der Waals surface area contributed by atoms with E-state index < -0.39 is 137 Å².